The molecule has 5 heteroatoms. The number of rotatable bonds is 21. The monoisotopic (exact) mass is 502 g/mol. The van der Waals surface area contributed by atoms with E-state index in [1.54, 1.807) is 0 Å². The molecule has 1 aromatic carbocycles. The highest BCUT2D eigenvalue weighted by Crippen LogP contribution is 2.21. The zero-order chi connectivity index (χ0) is 25.8. The number of hydrogen-bond acceptors (Lipinski definition) is 3. The molecular weight excluding hydrogens is 454 g/mol. The Bertz CT molecular complexity index is 782. The molecular formula is C31H48F2N2O. The van der Waals surface area contributed by atoms with Gasteiger partial charge < -0.3 is 4.74 Å². The molecule has 0 aliphatic heterocycles. The smallest absolute Gasteiger partial charge is 0.159 e. The zero-order valence-corrected chi connectivity index (χ0v) is 22.7. The molecule has 1 aromatic heterocycles. The topological polar surface area (TPSA) is 35.0 Å². The molecule has 0 aliphatic rings. The van der Waals surface area contributed by atoms with Crippen molar-refractivity contribution < 1.29 is 13.5 Å². The highest BCUT2D eigenvalue weighted by molar-refractivity contribution is 5.55. The Morgan fingerprint density at radius 2 is 1.22 bits per heavy atom. The van der Waals surface area contributed by atoms with Gasteiger partial charge in [-0.05, 0) is 61.9 Å². The Labute approximate surface area is 218 Å². The first-order chi connectivity index (χ1) is 17.6. The number of benzene rings is 1. The molecule has 1 heterocycles. The number of alkyl halides is 2. The van der Waals surface area contributed by atoms with Crippen LogP contribution in [0.4, 0.5) is 8.78 Å². The van der Waals surface area contributed by atoms with Crippen molar-refractivity contribution in [3.05, 3.63) is 42.2 Å². The first-order valence-electron chi connectivity index (χ1n) is 14.4. The zero-order valence-electron chi connectivity index (χ0n) is 22.7. The van der Waals surface area contributed by atoms with Crippen LogP contribution >= 0.6 is 0 Å². The van der Waals surface area contributed by atoms with Crippen LogP contribution in [0.1, 0.15) is 116 Å². The van der Waals surface area contributed by atoms with Gasteiger partial charge in [-0.15, -0.1) is 0 Å². The van der Waals surface area contributed by atoms with Gasteiger partial charge in [-0.25, -0.2) is 18.7 Å². The molecule has 2 unspecified atom stereocenters. The molecule has 2 atom stereocenters. The second kappa shape index (κ2) is 19.1. The van der Waals surface area contributed by atoms with Crippen molar-refractivity contribution in [3.63, 3.8) is 0 Å². The van der Waals surface area contributed by atoms with E-state index in [1.165, 1.54) is 69.8 Å². The van der Waals surface area contributed by atoms with Crippen molar-refractivity contribution in [2.24, 2.45) is 0 Å². The SMILES string of the molecule is CCCCCCCCCCCCc1cnc(-c2ccc(OCCC(F)CCC(F)CCC)cc2)nc1. The number of halogens is 2. The van der Waals surface area contributed by atoms with Gasteiger partial charge in [-0.3, -0.25) is 0 Å². The van der Waals surface area contributed by atoms with Gasteiger partial charge >= 0.3 is 0 Å². The second-order valence-electron chi connectivity index (χ2n) is 10.1. The van der Waals surface area contributed by atoms with Crippen molar-refractivity contribution in [2.45, 2.75) is 129 Å². The summed E-state index contributed by atoms with van der Waals surface area (Å²) >= 11 is 0. The van der Waals surface area contributed by atoms with E-state index in [-0.39, 0.29) is 19.4 Å². The van der Waals surface area contributed by atoms with Crippen LogP contribution in [-0.2, 0) is 6.42 Å². The van der Waals surface area contributed by atoms with Gasteiger partial charge in [0.15, 0.2) is 5.82 Å². The number of nitrogens with zero attached hydrogens (tertiary/aromatic N) is 2. The van der Waals surface area contributed by atoms with Gasteiger partial charge in [0.25, 0.3) is 0 Å². The minimum absolute atomic E-state index is 0.260. The standard InChI is InChI=1S/C31H48F2N2O/c1-3-5-6-7-8-9-10-11-12-13-15-26-24-34-31(35-25-26)27-16-20-30(21-17-27)36-23-22-29(33)19-18-28(32)14-4-2/h16-17,20-21,24-25,28-29H,3-15,18-19,22-23H2,1-2H3. The molecule has 0 radical (unpaired) electrons. The molecule has 2 rings (SSSR count). The Morgan fingerprint density at radius 1 is 0.667 bits per heavy atom. The quantitative estimate of drug-likeness (QED) is 0.159. The third-order valence-corrected chi connectivity index (χ3v) is 6.73. The van der Waals surface area contributed by atoms with Crippen LogP contribution in [0.2, 0.25) is 0 Å². The number of hydrogen-bond donors (Lipinski definition) is 0. The van der Waals surface area contributed by atoms with E-state index in [4.69, 9.17) is 4.74 Å². The van der Waals surface area contributed by atoms with E-state index in [0.717, 1.165) is 18.4 Å². The van der Waals surface area contributed by atoms with Crippen LogP contribution in [0.3, 0.4) is 0 Å². The molecule has 202 valence electrons. The molecule has 0 saturated heterocycles. The summed E-state index contributed by atoms with van der Waals surface area (Å²) in [6.07, 6.45) is 18.5. The molecule has 0 bridgehead atoms. The summed E-state index contributed by atoms with van der Waals surface area (Å²) in [4.78, 5) is 9.09. The van der Waals surface area contributed by atoms with E-state index in [9.17, 15) is 8.78 Å². The molecule has 0 fully saturated rings. The Kier molecular flexibility index (Phi) is 16.0. The summed E-state index contributed by atoms with van der Waals surface area (Å²) in [5, 5.41) is 0. The van der Waals surface area contributed by atoms with Crippen molar-refractivity contribution >= 4 is 0 Å². The summed E-state index contributed by atoms with van der Waals surface area (Å²) in [5.74, 6) is 1.39. The fraction of sp³-hybridized carbons (Fsp3) is 0.677. The summed E-state index contributed by atoms with van der Waals surface area (Å²) in [6, 6.07) is 7.58. The average molecular weight is 503 g/mol. The number of ether oxygens (including phenoxy) is 1. The fourth-order valence-corrected chi connectivity index (χ4v) is 4.42. The van der Waals surface area contributed by atoms with Crippen LogP contribution in [0.5, 0.6) is 5.75 Å². The number of aromatic nitrogens is 2. The third kappa shape index (κ3) is 13.3. The van der Waals surface area contributed by atoms with Gasteiger partial charge in [0, 0.05) is 24.4 Å². The molecule has 0 amide bonds. The van der Waals surface area contributed by atoms with E-state index in [1.807, 2.05) is 43.6 Å². The Balaban J connectivity index is 1.61. The van der Waals surface area contributed by atoms with Crippen LogP contribution in [-0.4, -0.2) is 28.9 Å². The van der Waals surface area contributed by atoms with Crippen LogP contribution in [0, 0.1) is 0 Å². The van der Waals surface area contributed by atoms with Gasteiger partial charge in [0.2, 0.25) is 0 Å². The van der Waals surface area contributed by atoms with E-state index in [0.29, 0.717) is 24.4 Å². The summed E-state index contributed by atoms with van der Waals surface area (Å²) in [5.41, 5.74) is 2.12. The fourth-order valence-electron chi connectivity index (χ4n) is 4.42. The van der Waals surface area contributed by atoms with E-state index in [2.05, 4.69) is 16.9 Å². The minimum atomic E-state index is -1.02. The Morgan fingerprint density at radius 3 is 1.81 bits per heavy atom. The van der Waals surface area contributed by atoms with E-state index < -0.39 is 12.3 Å². The van der Waals surface area contributed by atoms with Crippen molar-refractivity contribution in [3.8, 4) is 17.1 Å². The van der Waals surface area contributed by atoms with Crippen molar-refractivity contribution in [2.75, 3.05) is 6.61 Å². The molecule has 36 heavy (non-hydrogen) atoms. The summed E-state index contributed by atoms with van der Waals surface area (Å²) in [6.45, 7) is 4.50. The normalized spacial score (nSPS) is 13.0. The molecule has 0 N–H and O–H groups in total. The van der Waals surface area contributed by atoms with Crippen LogP contribution < -0.4 is 4.74 Å². The predicted molar refractivity (Wildman–Crippen MR) is 147 cm³/mol. The lowest BCUT2D eigenvalue weighted by molar-refractivity contribution is 0.200. The van der Waals surface area contributed by atoms with Crippen molar-refractivity contribution in [1.29, 1.82) is 0 Å². The summed E-state index contributed by atoms with van der Waals surface area (Å²) < 4.78 is 33.1. The average Bonchev–Trinajstić information content (AvgIpc) is 2.89. The number of aryl methyl sites for hydroxylation is 1. The van der Waals surface area contributed by atoms with Crippen LogP contribution in [0.15, 0.2) is 36.7 Å². The number of unbranched alkanes of at least 4 members (excludes halogenated alkanes) is 9. The lowest BCUT2D eigenvalue weighted by Gasteiger charge is -2.12. The summed E-state index contributed by atoms with van der Waals surface area (Å²) in [7, 11) is 0. The van der Waals surface area contributed by atoms with Gasteiger partial charge in [-0.2, -0.15) is 0 Å². The predicted octanol–water partition coefficient (Wildman–Crippen LogP) is 9.63. The molecule has 0 spiro atoms. The first kappa shape index (κ1) is 30.2. The minimum Gasteiger partial charge on any atom is -0.493 e. The molecule has 3 nitrogen and oxygen atoms in total. The lowest BCUT2D eigenvalue weighted by Crippen LogP contribution is -2.10. The largest absolute Gasteiger partial charge is 0.493 e. The first-order valence-corrected chi connectivity index (χ1v) is 14.4. The third-order valence-electron chi connectivity index (χ3n) is 6.73. The maximum Gasteiger partial charge on any atom is 0.159 e. The maximum atomic E-state index is 14.0. The molecule has 0 aliphatic carbocycles. The Hall–Kier alpha value is -2.04. The van der Waals surface area contributed by atoms with Gasteiger partial charge in [0.1, 0.15) is 18.1 Å². The highest BCUT2D eigenvalue weighted by Gasteiger charge is 2.12. The second-order valence-corrected chi connectivity index (χ2v) is 10.1. The van der Waals surface area contributed by atoms with Crippen LogP contribution in [0.25, 0.3) is 11.4 Å². The molecule has 0 saturated carbocycles. The lowest BCUT2D eigenvalue weighted by atomic mass is 10.0. The van der Waals surface area contributed by atoms with Gasteiger partial charge in [-0.1, -0.05) is 78.1 Å². The van der Waals surface area contributed by atoms with E-state index >= 15 is 0 Å². The molecule has 2 aromatic rings. The maximum absolute atomic E-state index is 14.0. The van der Waals surface area contributed by atoms with Gasteiger partial charge in [0.05, 0.1) is 6.61 Å². The highest BCUT2D eigenvalue weighted by atomic mass is 19.1. The van der Waals surface area contributed by atoms with Crippen molar-refractivity contribution in [1.82, 2.24) is 9.97 Å².